The molecule has 172 valence electrons. The molecule has 13 heteroatoms. The van der Waals surface area contributed by atoms with E-state index < -0.39 is 49.9 Å². The monoisotopic (exact) mass is 478 g/mol. The molecule has 2 N–H and O–H groups in total. The molecular formula is C18H22O11S2. The summed E-state index contributed by atoms with van der Waals surface area (Å²) in [5, 5.41) is 0. The molecule has 0 spiro atoms. The van der Waals surface area contributed by atoms with Crippen molar-refractivity contribution in [1.82, 2.24) is 0 Å². The van der Waals surface area contributed by atoms with Gasteiger partial charge < -0.3 is 13.1 Å². The summed E-state index contributed by atoms with van der Waals surface area (Å²) < 4.78 is 76.7. The topological polar surface area (TPSA) is 171 Å². The van der Waals surface area contributed by atoms with Gasteiger partial charge in [0.1, 0.15) is 17.1 Å². The fraction of sp³-hybridized carbons (Fsp3) is 0.444. The van der Waals surface area contributed by atoms with E-state index in [9.17, 15) is 26.4 Å². The zero-order chi connectivity index (χ0) is 23.2. The Morgan fingerprint density at radius 2 is 1.65 bits per heavy atom. The summed E-state index contributed by atoms with van der Waals surface area (Å²) in [6, 6.07) is 1.74. The van der Waals surface area contributed by atoms with Gasteiger partial charge in [0.15, 0.2) is 5.75 Å². The highest BCUT2D eigenvalue weighted by Crippen LogP contribution is 2.33. The van der Waals surface area contributed by atoms with Gasteiger partial charge in [-0.25, -0.2) is 4.79 Å². The average molecular weight is 478 g/mol. The Morgan fingerprint density at radius 3 is 2.29 bits per heavy atom. The van der Waals surface area contributed by atoms with Gasteiger partial charge in [-0.1, -0.05) is 12.2 Å². The third kappa shape index (κ3) is 8.65. The van der Waals surface area contributed by atoms with Crippen LogP contribution in [-0.2, 0) is 30.3 Å². The minimum Gasteiger partial charge on any atom is -0.459 e. The highest BCUT2D eigenvalue weighted by Gasteiger charge is 2.26. The summed E-state index contributed by atoms with van der Waals surface area (Å²) in [6.45, 7) is 1.59. The SMILES string of the molecule is C[C@H]1CCCC(=O)CCC/C=C/c2cc(OS(=O)(=O)O)cc(OS(=O)(=O)O)c2C(=O)O1. The molecule has 31 heavy (non-hydrogen) atoms. The number of allylic oxidation sites excluding steroid dienone is 1. The van der Waals surface area contributed by atoms with Gasteiger partial charge in [0, 0.05) is 18.9 Å². The number of hydrogen-bond acceptors (Lipinski definition) is 9. The minimum absolute atomic E-state index is 0.0552. The Bertz CT molecular complexity index is 1070. The number of fused-ring (bicyclic) bond motifs is 1. The number of ether oxygens (including phenoxy) is 1. The van der Waals surface area contributed by atoms with Gasteiger partial charge in [-0.15, -0.1) is 0 Å². The Kier molecular flexibility index (Phi) is 8.17. The van der Waals surface area contributed by atoms with Gasteiger partial charge in [-0.05, 0) is 44.2 Å². The van der Waals surface area contributed by atoms with Crippen molar-refractivity contribution in [2.75, 3.05) is 0 Å². The molecule has 1 aromatic carbocycles. The van der Waals surface area contributed by atoms with E-state index in [-0.39, 0.29) is 11.3 Å². The van der Waals surface area contributed by atoms with Crippen LogP contribution in [0.2, 0.25) is 0 Å². The van der Waals surface area contributed by atoms with Gasteiger partial charge in [0.05, 0.1) is 6.10 Å². The molecular weight excluding hydrogens is 456 g/mol. The van der Waals surface area contributed by atoms with E-state index in [1.54, 1.807) is 13.0 Å². The zero-order valence-electron chi connectivity index (χ0n) is 16.5. The number of esters is 1. The number of rotatable bonds is 4. The first-order chi connectivity index (χ1) is 14.3. The molecule has 0 bridgehead atoms. The molecule has 0 aliphatic carbocycles. The molecule has 1 atom stereocenters. The summed E-state index contributed by atoms with van der Waals surface area (Å²) in [7, 11) is -10.1. The summed E-state index contributed by atoms with van der Waals surface area (Å²) in [5.41, 5.74) is -0.461. The normalized spacial score (nSPS) is 20.2. The molecule has 0 saturated heterocycles. The van der Waals surface area contributed by atoms with Crippen LogP contribution in [0.5, 0.6) is 11.5 Å². The lowest BCUT2D eigenvalue weighted by atomic mass is 10.0. The lowest BCUT2D eigenvalue weighted by Crippen LogP contribution is -2.19. The van der Waals surface area contributed by atoms with Crippen molar-refractivity contribution in [2.45, 2.75) is 51.6 Å². The first kappa shape index (κ1) is 24.8. The van der Waals surface area contributed by atoms with Crippen molar-refractivity contribution >= 4 is 38.6 Å². The molecule has 1 aliphatic rings. The predicted molar refractivity (Wildman–Crippen MR) is 107 cm³/mol. The van der Waals surface area contributed by atoms with E-state index in [0.29, 0.717) is 44.6 Å². The molecule has 11 nitrogen and oxygen atoms in total. The van der Waals surface area contributed by atoms with Crippen LogP contribution >= 0.6 is 0 Å². The Balaban J connectivity index is 2.60. The van der Waals surface area contributed by atoms with Crippen molar-refractivity contribution in [3.05, 3.63) is 29.3 Å². The van der Waals surface area contributed by atoms with Crippen molar-refractivity contribution in [3.8, 4) is 11.5 Å². The van der Waals surface area contributed by atoms with E-state index >= 15 is 0 Å². The van der Waals surface area contributed by atoms with Crippen LogP contribution in [-0.4, -0.2) is 43.8 Å². The number of cyclic esters (lactones) is 1. The lowest BCUT2D eigenvalue weighted by molar-refractivity contribution is -0.119. The molecule has 0 amide bonds. The quantitative estimate of drug-likeness (QED) is 0.481. The number of hydrogen-bond donors (Lipinski definition) is 2. The minimum atomic E-state index is -5.11. The molecule has 0 saturated carbocycles. The van der Waals surface area contributed by atoms with Gasteiger partial charge in [-0.3, -0.25) is 13.9 Å². The zero-order valence-corrected chi connectivity index (χ0v) is 18.1. The number of Topliss-reactive ketones (excluding diaryl/α,β-unsaturated/α-hetero) is 1. The van der Waals surface area contributed by atoms with E-state index in [4.69, 9.17) is 13.8 Å². The molecule has 0 radical (unpaired) electrons. The van der Waals surface area contributed by atoms with Crippen molar-refractivity contribution in [3.63, 3.8) is 0 Å². The first-order valence-electron chi connectivity index (χ1n) is 9.25. The van der Waals surface area contributed by atoms with Crippen molar-refractivity contribution in [1.29, 1.82) is 0 Å². The third-order valence-corrected chi connectivity index (χ3v) is 5.00. The first-order valence-corrected chi connectivity index (χ1v) is 12.0. The number of benzene rings is 1. The molecule has 2 rings (SSSR count). The van der Waals surface area contributed by atoms with Crippen LogP contribution in [0, 0.1) is 0 Å². The Hall–Kier alpha value is -2.48. The number of ketones is 1. The maximum absolute atomic E-state index is 12.8. The molecule has 0 aromatic heterocycles. The van der Waals surface area contributed by atoms with E-state index in [1.165, 1.54) is 6.08 Å². The standard InChI is InChI=1S/C18H22O11S2/c1-12-6-5-9-14(19)8-4-2-3-7-13-10-15(28-30(21,22)23)11-16(29-31(24,25)26)17(13)18(20)27-12/h3,7,10-12H,2,4-6,8-9H2,1H3,(H,21,22,23)(H,24,25,26)/b7-3+/t12-/m0/s1. The summed E-state index contributed by atoms with van der Waals surface area (Å²) in [5.74, 6) is -2.27. The Morgan fingerprint density at radius 1 is 1.00 bits per heavy atom. The van der Waals surface area contributed by atoms with Crippen LogP contribution < -0.4 is 8.37 Å². The van der Waals surface area contributed by atoms with Crippen LogP contribution in [0.1, 0.15) is 61.4 Å². The van der Waals surface area contributed by atoms with Crippen molar-refractivity contribution in [2.24, 2.45) is 0 Å². The van der Waals surface area contributed by atoms with Gasteiger partial charge in [-0.2, -0.15) is 16.8 Å². The smallest absolute Gasteiger partial charge is 0.446 e. The molecule has 1 aliphatic heterocycles. The number of carbonyl (C=O) groups is 2. The van der Waals surface area contributed by atoms with Gasteiger partial charge in [0.25, 0.3) is 0 Å². The number of carbonyl (C=O) groups excluding carboxylic acids is 2. The molecule has 1 heterocycles. The second-order valence-corrected chi connectivity index (χ2v) is 8.89. The Labute approximate surface area is 179 Å². The summed E-state index contributed by atoms with van der Waals surface area (Å²) >= 11 is 0. The fourth-order valence-corrected chi connectivity index (χ4v) is 3.65. The predicted octanol–water partition coefficient (Wildman–Crippen LogP) is 2.53. The van der Waals surface area contributed by atoms with E-state index in [1.807, 2.05) is 0 Å². The maximum Gasteiger partial charge on any atom is 0.446 e. The molecule has 1 aromatic rings. The van der Waals surface area contributed by atoms with E-state index in [2.05, 4.69) is 8.37 Å². The highest BCUT2D eigenvalue weighted by molar-refractivity contribution is 7.81. The molecule has 0 fully saturated rings. The maximum atomic E-state index is 12.8. The third-order valence-electron chi connectivity index (χ3n) is 4.21. The van der Waals surface area contributed by atoms with E-state index in [0.717, 1.165) is 6.07 Å². The van der Waals surface area contributed by atoms with Crippen LogP contribution in [0.3, 0.4) is 0 Å². The largest absolute Gasteiger partial charge is 0.459 e. The van der Waals surface area contributed by atoms with Gasteiger partial charge >= 0.3 is 26.8 Å². The second-order valence-electron chi connectivity index (χ2n) is 6.85. The summed E-state index contributed by atoms with van der Waals surface area (Å²) in [6.07, 6.45) is 4.81. The van der Waals surface area contributed by atoms with Gasteiger partial charge in [0.2, 0.25) is 0 Å². The fourth-order valence-electron chi connectivity index (χ4n) is 2.95. The average Bonchev–Trinajstić information content (AvgIpc) is 2.57. The van der Waals surface area contributed by atoms with Crippen LogP contribution in [0.15, 0.2) is 18.2 Å². The van der Waals surface area contributed by atoms with Crippen LogP contribution in [0.25, 0.3) is 6.08 Å². The summed E-state index contributed by atoms with van der Waals surface area (Å²) in [4.78, 5) is 24.6. The lowest BCUT2D eigenvalue weighted by Gasteiger charge is -2.17. The molecule has 0 unspecified atom stereocenters. The second kappa shape index (κ2) is 10.2. The highest BCUT2D eigenvalue weighted by atomic mass is 32.3. The van der Waals surface area contributed by atoms with Crippen LogP contribution in [0.4, 0.5) is 0 Å². The van der Waals surface area contributed by atoms with Crippen molar-refractivity contribution < 1.29 is 48.6 Å².